The molecule has 1 aromatic carbocycles. The van der Waals surface area contributed by atoms with Gasteiger partial charge < -0.3 is 20.6 Å². The number of nitrogens with zero attached hydrogens (tertiary/aromatic N) is 3. The van der Waals surface area contributed by atoms with Gasteiger partial charge in [-0.1, -0.05) is 36.4 Å². The van der Waals surface area contributed by atoms with Gasteiger partial charge in [-0.15, -0.1) is 0 Å². The lowest BCUT2D eigenvalue weighted by Crippen LogP contribution is -2.15. The third kappa shape index (κ3) is 3.99. The maximum absolute atomic E-state index is 12.1. The number of ether oxygens (including phenoxy) is 1. The van der Waals surface area contributed by atoms with Gasteiger partial charge >= 0.3 is 0 Å². The Bertz CT molecular complexity index is 967. The largest absolute Gasteiger partial charge is 0.471 e. The van der Waals surface area contributed by atoms with Crippen LogP contribution in [0.2, 0.25) is 0 Å². The van der Waals surface area contributed by atoms with E-state index in [1.54, 1.807) is 6.92 Å². The summed E-state index contributed by atoms with van der Waals surface area (Å²) >= 11 is 0. The minimum atomic E-state index is -0.701. The van der Waals surface area contributed by atoms with Crippen molar-refractivity contribution in [2.45, 2.75) is 19.6 Å². The third-order valence-electron chi connectivity index (χ3n) is 3.32. The van der Waals surface area contributed by atoms with E-state index >= 15 is 0 Å². The van der Waals surface area contributed by atoms with Gasteiger partial charge in [-0.3, -0.25) is 4.79 Å². The average molecular weight is 339 g/mol. The summed E-state index contributed by atoms with van der Waals surface area (Å²) in [7, 11) is 0. The molecule has 128 valence electrons. The van der Waals surface area contributed by atoms with Crippen LogP contribution >= 0.6 is 0 Å². The fourth-order valence-corrected chi connectivity index (χ4v) is 2.15. The number of hydrogen-bond acceptors (Lipinski definition) is 7. The van der Waals surface area contributed by atoms with Crippen LogP contribution in [0.5, 0.6) is 5.88 Å². The lowest BCUT2D eigenvalue weighted by atomic mass is 10.2. The molecule has 25 heavy (non-hydrogen) atoms. The number of anilines is 1. The zero-order chi connectivity index (χ0) is 17.8. The molecule has 0 spiro atoms. The van der Waals surface area contributed by atoms with E-state index in [0.29, 0.717) is 0 Å². The van der Waals surface area contributed by atoms with Crippen LogP contribution in [-0.2, 0) is 6.61 Å². The molecule has 4 N–H and O–H groups in total. The second-order valence-electron chi connectivity index (χ2n) is 5.41. The number of rotatable bonds is 5. The first-order valence-corrected chi connectivity index (χ1v) is 7.63. The molecule has 1 atom stereocenters. The second kappa shape index (κ2) is 7.10. The van der Waals surface area contributed by atoms with Crippen molar-refractivity contribution in [2.75, 3.05) is 5.73 Å². The number of hydrogen-bond donors (Lipinski definition) is 3. The lowest BCUT2D eigenvalue weighted by Gasteiger charge is -2.08. The van der Waals surface area contributed by atoms with E-state index in [0.717, 1.165) is 5.56 Å². The summed E-state index contributed by atoms with van der Waals surface area (Å²) < 4.78 is 5.72. The zero-order valence-corrected chi connectivity index (χ0v) is 13.5. The van der Waals surface area contributed by atoms with E-state index in [-0.39, 0.29) is 35.3 Å². The van der Waals surface area contributed by atoms with Crippen molar-refractivity contribution in [1.82, 2.24) is 19.9 Å². The number of nitrogen functional groups attached to an aromatic ring is 1. The quantitative estimate of drug-likeness (QED) is 0.638. The normalized spacial score (nSPS) is 12.6. The molecule has 0 saturated carbocycles. The van der Waals surface area contributed by atoms with Gasteiger partial charge in [0.1, 0.15) is 12.3 Å². The summed E-state index contributed by atoms with van der Waals surface area (Å²) in [6, 6.07) is 9.55. The van der Waals surface area contributed by atoms with Gasteiger partial charge in [-0.2, -0.15) is 9.97 Å². The van der Waals surface area contributed by atoms with Gasteiger partial charge in [0.15, 0.2) is 11.2 Å². The first-order chi connectivity index (χ1) is 12.0. The molecular formula is C17H17N5O3. The number of nitrogens with two attached hydrogens (primary N) is 1. The monoisotopic (exact) mass is 339 g/mol. The fraction of sp³-hybridized carbons (Fsp3) is 0.176. The highest BCUT2D eigenvalue weighted by Crippen LogP contribution is 2.20. The summed E-state index contributed by atoms with van der Waals surface area (Å²) in [4.78, 5) is 27.0. The predicted octanol–water partition coefficient (Wildman–Crippen LogP) is 1.27. The molecule has 0 radical (unpaired) electrons. The molecule has 0 amide bonds. The van der Waals surface area contributed by atoms with E-state index in [9.17, 15) is 9.90 Å². The molecule has 8 nitrogen and oxygen atoms in total. The van der Waals surface area contributed by atoms with Crippen LogP contribution < -0.4 is 16.0 Å². The Labute approximate surface area is 143 Å². The fourth-order valence-electron chi connectivity index (χ4n) is 2.15. The minimum Gasteiger partial charge on any atom is -0.471 e. The van der Waals surface area contributed by atoms with Gasteiger partial charge in [0, 0.05) is 0 Å². The molecule has 0 aliphatic carbocycles. The number of aromatic amines is 1. The van der Waals surface area contributed by atoms with Crippen LogP contribution in [-0.4, -0.2) is 31.1 Å². The van der Waals surface area contributed by atoms with E-state index in [1.807, 2.05) is 30.3 Å². The molecule has 3 aromatic rings. The van der Waals surface area contributed by atoms with Gasteiger partial charge in [0.2, 0.25) is 11.8 Å². The molecule has 0 saturated heterocycles. The van der Waals surface area contributed by atoms with Gasteiger partial charge in [-0.25, -0.2) is 4.98 Å². The van der Waals surface area contributed by atoms with Crippen molar-refractivity contribution in [3.05, 3.63) is 58.0 Å². The van der Waals surface area contributed by atoms with Crippen LogP contribution in [0.4, 0.5) is 5.95 Å². The molecule has 3 rings (SSSR count). The number of H-pyrrole nitrogens is 1. The molecule has 0 fully saturated rings. The van der Waals surface area contributed by atoms with Gasteiger partial charge in [0.25, 0.3) is 5.56 Å². The predicted molar refractivity (Wildman–Crippen MR) is 93.9 cm³/mol. The number of aromatic nitrogens is 4. The van der Waals surface area contributed by atoms with Crippen molar-refractivity contribution in [2.24, 2.45) is 0 Å². The summed E-state index contributed by atoms with van der Waals surface area (Å²) in [6.45, 7) is 1.84. The highest BCUT2D eigenvalue weighted by atomic mass is 16.5. The minimum absolute atomic E-state index is 0.0275. The molecule has 1 unspecified atom stereocenters. The molecule has 8 heteroatoms. The van der Waals surface area contributed by atoms with Crippen LogP contribution in [0.3, 0.4) is 0 Å². The maximum atomic E-state index is 12.1. The Morgan fingerprint density at radius 3 is 2.76 bits per heavy atom. The Morgan fingerprint density at radius 1 is 1.28 bits per heavy atom. The smallest absolute Gasteiger partial charge is 0.275 e. The van der Waals surface area contributed by atoms with Crippen LogP contribution in [0.25, 0.3) is 17.2 Å². The zero-order valence-electron chi connectivity index (χ0n) is 13.5. The Kier molecular flexibility index (Phi) is 4.71. The summed E-state index contributed by atoms with van der Waals surface area (Å²) in [6.07, 6.45) is 2.18. The number of aliphatic hydroxyl groups is 1. The third-order valence-corrected chi connectivity index (χ3v) is 3.32. The Morgan fingerprint density at radius 2 is 2.04 bits per heavy atom. The Balaban J connectivity index is 2.01. The van der Waals surface area contributed by atoms with E-state index < -0.39 is 11.7 Å². The van der Waals surface area contributed by atoms with Crippen molar-refractivity contribution in [3.63, 3.8) is 0 Å². The van der Waals surface area contributed by atoms with Crippen molar-refractivity contribution in [3.8, 4) is 5.88 Å². The summed E-state index contributed by atoms with van der Waals surface area (Å²) in [5.41, 5.74) is 6.78. The number of fused-ring (bicyclic) bond motifs is 1. The van der Waals surface area contributed by atoms with E-state index in [2.05, 4.69) is 19.9 Å². The number of nitrogens with one attached hydrogen (secondary N) is 1. The topological polar surface area (TPSA) is 127 Å². The SMILES string of the molecule is CC(O)/C=C/c1nc2c(OCc3ccccc3)nc(N)nc2[nH]c1=O. The second-order valence-corrected chi connectivity index (χ2v) is 5.41. The molecular weight excluding hydrogens is 322 g/mol. The summed E-state index contributed by atoms with van der Waals surface area (Å²) in [5, 5.41) is 9.33. The summed E-state index contributed by atoms with van der Waals surface area (Å²) in [5.74, 6) is 0.148. The molecule has 2 heterocycles. The number of benzene rings is 1. The average Bonchev–Trinajstić information content (AvgIpc) is 2.58. The molecule has 0 bridgehead atoms. The molecule has 0 aliphatic heterocycles. The van der Waals surface area contributed by atoms with Crippen molar-refractivity contribution < 1.29 is 9.84 Å². The van der Waals surface area contributed by atoms with E-state index in [4.69, 9.17) is 10.5 Å². The number of aliphatic hydroxyl groups excluding tert-OH is 1. The molecule has 0 aliphatic rings. The Hall–Kier alpha value is -3.26. The van der Waals surface area contributed by atoms with E-state index in [1.165, 1.54) is 12.2 Å². The highest BCUT2D eigenvalue weighted by molar-refractivity contribution is 5.77. The van der Waals surface area contributed by atoms with Crippen molar-refractivity contribution in [1.29, 1.82) is 0 Å². The van der Waals surface area contributed by atoms with Crippen LogP contribution in [0.1, 0.15) is 18.2 Å². The highest BCUT2D eigenvalue weighted by Gasteiger charge is 2.13. The molecule has 2 aromatic heterocycles. The standard InChI is InChI=1S/C17H17N5O3/c1-10(23)7-8-12-15(24)20-14-13(19-12)16(22-17(18)21-14)25-9-11-5-3-2-4-6-11/h2-8,10,23H,9H2,1H3,(H3,18,20,21,22,24)/b8-7+. The van der Waals surface area contributed by atoms with Crippen molar-refractivity contribution >= 4 is 23.2 Å². The first-order valence-electron chi connectivity index (χ1n) is 7.63. The van der Waals surface area contributed by atoms with Gasteiger partial charge in [-0.05, 0) is 18.6 Å². The first kappa shape index (κ1) is 16.6. The lowest BCUT2D eigenvalue weighted by molar-refractivity contribution is 0.245. The maximum Gasteiger partial charge on any atom is 0.275 e. The van der Waals surface area contributed by atoms with Crippen LogP contribution in [0, 0.1) is 0 Å². The van der Waals surface area contributed by atoms with Crippen LogP contribution in [0.15, 0.2) is 41.2 Å². The van der Waals surface area contributed by atoms with Gasteiger partial charge in [0.05, 0.1) is 6.10 Å².